The minimum atomic E-state index is -1.00. The van der Waals surface area contributed by atoms with Crippen LogP contribution < -0.4 is 9.04 Å². The zero-order chi connectivity index (χ0) is 27.5. The molecule has 9 heteroatoms. The van der Waals surface area contributed by atoms with Gasteiger partial charge in [-0.15, -0.1) is 0 Å². The molecule has 2 atom stereocenters. The average molecular weight is 579 g/mol. The SMILES string of the molecule is CCC/C=C(/SC=C(C)C)SN(CC(C)F)c1cc2c(cc1OCC1=NC=C(C(=O)OCC)PC1)CCC2. The van der Waals surface area contributed by atoms with Gasteiger partial charge in [-0.05, 0) is 94.0 Å². The molecule has 1 aromatic carbocycles. The van der Waals surface area contributed by atoms with Crippen molar-refractivity contribution in [1.29, 1.82) is 0 Å². The molecule has 1 aliphatic carbocycles. The summed E-state index contributed by atoms with van der Waals surface area (Å²) in [5, 5.41) is 2.76. The number of nitrogens with zero attached hydrogens (tertiary/aromatic N) is 2. The van der Waals surface area contributed by atoms with E-state index in [1.807, 2.05) is 0 Å². The highest BCUT2D eigenvalue weighted by atomic mass is 32.2. The lowest BCUT2D eigenvalue weighted by Gasteiger charge is -2.28. The number of halogens is 1. The molecular formula is C29H40FN2O3PS2. The van der Waals surface area contributed by atoms with Crippen LogP contribution in [0.5, 0.6) is 5.75 Å². The normalized spacial score (nSPS) is 16.4. The topological polar surface area (TPSA) is 51.1 Å². The zero-order valence-electron chi connectivity index (χ0n) is 23.1. The number of hydrogen-bond donors (Lipinski definition) is 0. The summed E-state index contributed by atoms with van der Waals surface area (Å²) in [6.07, 6.45) is 8.75. The fraction of sp³-hybridized carbons (Fsp3) is 0.517. The van der Waals surface area contributed by atoms with E-state index >= 15 is 0 Å². The van der Waals surface area contributed by atoms with Crippen molar-refractivity contribution in [3.05, 3.63) is 56.1 Å². The number of ether oxygens (including phenoxy) is 2. The van der Waals surface area contributed by atoms with Gasteiger partial charge in [-0.2, -0.15) is 0 Å². The molecule has 0 saturated heterocycles. The predicted octanol–water partition coefficient (Wildman–Crippen LogP) is 8.20. The van der Waals surface area contributed by atoms with Gasteiger partial charge in [-0.25, -0.2) is 9.18 Å². The zero-order valence-corrected chi connectivity index (χ0v) is 25.8. The average Bonchev–Trinajstić information content (AvgIpc) is 3.35. The van der Waals surface area contributed by atoms with E-state index < -0.39 is 6.17 Å². The number of aryl methyl sites for hydroxylation is 2. The lowest BCUT2D eigenvalue weighted by atomic mass is 10.1. The molecule has 0 bridgehead atoms. The number of hydrogen-bond acceptors (Lipinski definition) is 7. The maximum absolute atomic E-state index is 14.5. The summed E-state index contributed by atoms with van der Waals surface area (Å²) in [6, 6.07) is 4.33. The number of anilines is 1. The van der Waals surface area contributed by atoms with Crippen LogP contribution in [0.3, 0.4) is 0 Å². The fourth-order valence-electron chi connectivity index (χ4n) is 3.99. The van der Waals surface area contributed by atoms with Crippen LogP contribution in [0, 0.1) is 0 Å². The van der Waals surface area contributed by atoms with Gasteiger partial charge in [-0.3, -0.25) is 4.99 Å². The van der Waals surface area contributed by atoms with Gasteiger partial charge in [0.25, 0.3) is 0 Å². The highest BCUT2D eigenvalue weighted by molar-refractivity contribution is 8.24. The molecule has 208 valence electrons. The number of fused-ring (bicyclic) bond motifs is 1. The molecule has 0 saturated carbocycles. The Balaban J connectivity index is 1.87. The second-order valence-electron chi connectivity index (χ2n) is 9.60. The van der Waals surface area contributed by atoms with Crippen molar-refractivity contribution in [2.75, 3.05) is 30.2 Å². The van der Waals surface area contributed by atoms with Gasteiger partial charge in [0.2, 0.25) is 0 Å². The molecule has 0 fully saturated rings. The summed E-state index contributed by atoms with van der Waals surface area (Å²) >= 11 is 3.27. The Morgan fingerprint density at radius 1 is 1.26 bits per heavy atom. The number of alkyl halides is 1. The Bertz CT molecular complexity index is 1100. The number of unbranched alkanes of at least 4 members (excludes halogenated alkanes) is 1. The van der Waals surface area contributed by atoms with Crippen molar-refractivity contribution in [2.45, 2.75) is 72.9 Å². The fourth-order valence-corrected chi connectivity index (χ4v) is 7.04. The van der Waals surface area contributed by atoms with Crippen LogP contribution in [-0.4, -0.2) is 43.8 Å². The Morgan fingerprint density at radius 3 is 2.66 bits per heavy atom. The third-order valence-corrected chi connectivity index (χ3v) is 9.53. The highest BCUT2D eigenvalue weighted by Gasteiger charge is 2.23. The molecular weight excluding hydrogens is 538 g/mol. The van der Waals surface area contributed by atoms with Crippen molar-refractivity contribution in [1.82, 2.24) is 0 Å². The molecule has 5 nitrogen and oxygen atoms in total. The van der Waals surface area contributed by atoms with Crippen LogP contribution in [-0.2, 0) is 22.4 Å². The molecule has 1 aliphatic heterocycles. The number of allylic oxidation sites excluding steroid dienone is 2. The first kappa shape index (κ1) is 30.8. The number of carbonyl (C=O) groups excluding carboxylic acids is 1. The molecule has 1 heterocycles. The second-order valence-corrected chi connectivity index (χ2v) is 13.1. The lowest BCUT2D eigenvalue weighted by molar-refractivity contribution is -0.137. The van der Waals surface area contributed by atoms with Gasteiger partial charge in [-0.1, -0.05) is 45.3 Å². The first-order valence-electron chi connectivity index (χ1n) is 13.4. The molecule has 0 aromatic heterocycles. The van der Waals surface area contributed by atoms with E-state index in [4.69, 9.17) is 9.47 Å². The maximum atomic E-state index is 14.5. The first-order valence-corrected chi connectivity index (χ1v) is 16.2. The lowest BCUT2D eigenvalue weighted by Crippen LogP contribution is -2.24. The van der Waals surface area contributed by atoms with Crippen LogP contribution in [0.25, 0.3) is 0 Å². The summed E-state index contributed by atoms with van der Waals surface area (Å²) < 4.78 is 29.2. The van der Waals surface area contributed by atoms with E-state index in [9.17, 15) is 9.18 Å². The van der Waals surface area contributed by atoms with Crippen LogP contribution in [0.1, 0.15) is 65.0 Å². The minimum Gasteiger partial charge on any atom is -0.485 e. The molecule has 2 aliphatic rings. The Kier molecular flexibility index (Phi) is 12.7. The van der Waals surface area contributed by atoms with E-state index in [0.29, 0.717) is 33.3 Å². The first-order chi connectivity index (χ1) is 18.3. The summed E-state index contributed by atoms with van der Waals surface area (Å²) in [5.41, 5.74) is 5.66. The molecule has 0 radical (unpaired) electrons. The van der Waals surface area contributed by atoms with E-state index in [-0.39, 0.29) is 12.5 Å². The Labute approximate surface area is 237 Å². The number of rotatable bonds is 14. The van der Waals surface area contributed by atoms with Crippen LogP contribution >= 0.6 is 32.3 Å². The summed E-state index contributed by atoms with van der Waals surface area (Å²) in [7, 11) is 0.315. The molecule has 1 aromatic rings. The molecule has 38 heavy (non-hydrogen) atoms. The summed E-state index contributed by atoms with van der Waals surface area (Å²) in [4.78, 5) is 16.5. The molecule has 0 amide bonds. The number of benzene rings is 1. The Hall–Kier alpha value is -1.76. The smallest absolute Gasteiger partial charge is 0.339 e. The molecule has 2 unspecified atom stereocenters. The van der Waals surface area contributed by atoms with Gasteiger partial charge in [0.15, 0.2) is 0 Å². The van der Waals surface area contributed by atoms with Crippen LogP contribution in [0.4, 0.5) is 10.1 Å². The van der Waals surface area contributed by atoms with Crippen molar-refractivity contribution >= 4 is 49.7 Å². The Morgan fingerprint density at radius 2 is 2.03 bits per heavy atom. The van der Waals surface area contributed by atoms with Crippen molar-refractivity contribution in [3.63, 3.8) is 0 Å². The van der Waals surface area contributed by atoms with Crippen LogP contribution in [0.2, 0.25) is 0 Å². The number of aliphatic imine (C=N–C) groups is 1. The molecule has 0 N–H and O–H groups in total. The van der Waals surface area contributed by atoms with E-state index in [0.717, 1.165) is 53.5 Å². The standard InChI is InChI=1S/C29H40FN2O3PS2/c1-6-8-12-28(37-19-20(3)4)38-32(16-21(5)30)25-13-22-10-9-11-23(22)14-26(25)35-17-24-18-36-27(15-31-24)29(33)34-7-2/h12-15,19,21,36H,6-11,16-18H2,1-5H3/b28-12-. The third-order valence-electron chi connectivity index (χ3n) is 5.82. The van der Waals surface area contributed by atoms with Gasteiger partial charge in [0, 0.05) is 12.4 Å². The quantitative estimate of drug-likeness (QED) is 0.126. The van der Waals surface area contributed by atoms with E-state index in [2.05, 4.69) is 53.7 Å². The number of thioether (sulfide) groups is 1. The minimum absolute atomic E-state index is 0.257. The van der Waals surface area contributed by atoms with E-state index in [1.54, 1.807) is 43.8 Å². The summed E-state index contributed by atoms with van der Waals surface area (Å²) in [6.45, 7) is 10.7. The van der Waals surface area contributed by atoms with E-state index in [1.165, 1.54) is 16.7 Å². The van der Waals surface area contributed by atoms with Gasteiger partial charge in [0.05, 0.1) is 34.1 Å². The third kappa shape index (κ3) is 9.46. The maximum Gasteiger partial charge on any atom is 0.339 e. The second kappa shape index (κ2) is 15.7. The number of carbonyl (C=O) groups is 1. The van der Waals surface area contributed by atoms with Gasteiger partial charge in [0.1, 0.15) is 18.5 Å². The predicted molar refractivity (Wildman–Crippen MR) is 165 cm³/mol. The van der Waals surface area contributed by atoms with Crippen LogP contribution in [0.15, 0.2) is 49.9 Å². The van der Waals surface area contributed by atoms with Crippen molar-refractivity contribution in [3.8, 4) is 5.75 Å². The molecule has 3 rings (SSSR count). The van der Waals surface area contributed by atoms with Gasteiger partial charge >= 0.3 is 5.97 Å². The largest absolute Gasteiger partial charge is 0.485 e. The van der Waals surface area contributed by atoms with Crippen molar-refractivity contribution < 1.29 is 18.7 Å². The molecule has 0 spiro atoms. The number of esters is 1. The highest BCUT2D eigenvalue weighted by Crippen LogP contribution is 2.43. The monoisotopic (exact) mass is 578 g/mol. The summed E-state index contributed by atoms with van der Waals surface area (Å²) in [5.74, 6) is 0.466. The van der Waals surface area contributed by atoms with Crippen molar-refractivity contribution in [2.24, 2.45) is 4.99 Å². The van der Waals surface area contributed by atoms with Gasteiger partial charge < -0.3 is 13.8 Å².